The molecule has 1 spiro atoms. The lowest BCUT2D eigenvalue weighted by Crippen LogP contribution is -3.27. The van der Waals surface area contributed by atoms with Crippen LogP contribution in [-0.2, 0) is 16.1 Å². The van der Waals surface area contributed by atoms with E-state index in [1.165, 1.54) is 31.7 Å². The van der Waals surface area contributed by atoms with E-state index >= 15 is 0 Å². The van der Waals surface area contributed by atoms with E-state index in [-0.39, 0.29) is 0 Å². The van der Waals surface area contributed by atoms with Crippen molar-refractivity contribution in [1.82, 2.24) is 9.78 Å². The molecule has 10 nitrogen and oxygen atoms in total. The summed E-state index contributed by atoms with van der Waals surface area (Å²) < 4.78 is 64.9. The number of primary amides is 1. The number of fused-ring (bicyclic) bond motifs is 1. The summed E-state index contributed by atoms with van der Waals surface area (Å²) in [5.74, 6) is -6.46. The van der Waals surface area contributed by atoms with Crippen LogP contribution in [0.15, 0.2) is 48.7 Å². The first-order valence-corrected chi connectivity index (χ1v) is 11.6. The third-order valence-electron chi connectivity index (χ3n) is 6.32. The average molecular weight is 575 g/mol. The zero-order valence-corrected chi connectivity index (χ0v) is 20.5. The lowest BCUT2D eigenvalue weighted by molar-refractivity contribution is -1.00. The fourth-order valence-electron chi connectivity index (χ4n) is 4.41. The highest BCUT2D eigenvalue weighted by molar-refractivity contribution is 6.04. The number of alkyl halides is 6. The number of nitrogens with zero attached hydrogens (tertiary/aromatic N) is 2. The minimum Gasteiger partial charge on any atom is -0.542 e. The minimum atomic E-state index is -5.19. The van der Waals surface area contributed by atoms with Gasteiger partial charge in [0.1, 0.15) is 24.0 Å². The summed E-state index contributed by atoms with van der Waals surface area (Å²) >= 11 is 0. The van der Waals surface area contributed by atoms with Gasteiger partial charge in [0.05, 0.1) is 37.4 Å². The molecule has 3 heterocycles. The largest absolute Gasteiger partial charge is 0.542 e. The number of nitrogens with two attached hydrogens (primary N) is 2. The van der Waals surface area contributed by atoms with Crippen LogP contribution in [0.1, 0.15) is 15.9 Å². The number of aromatic nitrogens is 2. The van der Waals surface area contributed by atoms with Crippen LogP contribution in [0.2, 0.25) is 0 Å². The van der Waals surface area contributed by atoms with Gasteiger partial charge in [0.15, 0.2) is 5.41 Å². The van der Waals surface area contributed by atoms with Crippen LogP contribution in [0, 0.1) is 5.41 Å². The Bertz CT molecular complexity index is 1350. The van der Waals surface area contributed by atoms with Crippen LogP contribution >= 0.6 is 0 Å². The Kier molecular flexibility index (Phi) is 8.74. The number of hydrogen-bond donors (Lipinski definition) is 3. The van der Waals surface area contributed by atoms with E-state index in [9.17, 15) is 31.1 Å². The molecule has 2 saturated heterocycles. The number of carbonyl (C=O) groups is 3. The summed E-state index contributed by atoms with van der Waals surface area (Å²) in [4.78, 5) is 30.8. The van der Waals surface area contributed by atoms with E-state index in [1.54, 1.807) is 11.0 Å². The van der Waals surface area contributed by atoms with Crippen LogP contribution in [0.3, 0.4) is 0 Å². The summed E-state index contributed by atoms with van der Waals surface area (Å²) in [6.45, 7) is 6.34. The van der Waals surface area contributed by atoms with Gasteiger partial charge in [0.2, 0.25) is 0 Å². The van der Waals surface area contributed by atoms with Gasteiger partial charge in [-0.05, 0) is 18.2 Å². The van der Waals surface area contributed by atoms with Crippen LogP contribution in [-0.4, -0.2) is 66.2 Å². The molecule has 216 valence electrons. The second kappa shape index (κ2) is 11.5. The molecular weight excluding hydrogens is 552 g/mol. The molecule has 5 N–H and O–H groups in total. The molecule has 5 rings (SSSR count). The van der Waals surface area contributed by atoms with Crippen LogP contribution < -0.4 is 26.2 Å². The van der Waals surface area contributed by atoms with Gasteiger partial charge in [-0.3, -0.25) is 4.79 Å². The van der Waals surface area contributed by atoms with Crippen molar-refractivity contribution >= 4 is 28.7 Å². The van der Waals surface area contributed by atoms with Crippen LogP contribution in [0.5, 0.6) is 0 Å². The van der Waals surface area contributed by atoms with E-state index in [0.717, 1.165) is 17.6 Å². The maximum absolute atomic E-state index is 11.6. The molecule has 3 aromatic rings. The summed E-state index contributed by atoms with van der Waals surface area (Å²) in [5.41, 5.74) is 9.57. The maximum atomic E-state index is 11.6. The number of carbonyl (C=O) groups excluding carboxylic acids is 3. The number of halogens is 6. The summed E-state index contributed by atoms with van der Waals surface area (Å²) in [6, 6.07) is 14.0. The topological polar surface area (TPSA) is 162 Å². The second-order valence-electron chi connectivity index (χ2n) is 9.40. The number of carboxylic acid groups (broad SMARTS) is 2. The summed E-state index contributed by atoms with van der Waals surface area (Å²) in [7, 11) is 0. The van der Waals surface area contributed by atoms with Crippen molar-refractivity contribution < 1.29 is 61.2 Å². The molecule has 0 unspecified atom stereocenters. The highest BCUT2D eigenvalue weighted by atomic mass is 19.4. The van der Waals surface area contributed by atoms with Gasteiger partial charge in [-0.15, -0.1) is 0 Å². The minimum absolute atomic E-state index is 0.449. The van der Waals surface area contributed by atoms with Gasteiger partial charge in [-0.2, -0.15) is 31.4 Å². The molecule has 0 atom stereocenters. The van der Waals surface area contributed by atoms with Gasteiger partial charge in [0.25, 0.3) is 5.91 Å². The average Bonchev–Trinajstić information content (AvgIpc) is 3.24. The van der Waals surface area contributed by atoms with Crippen molar-refractivity contribution in [2.24, 2.45) is 11.1 Å². The predicted molar refractivity (Wildman–Crippen MR) is 120 cm³/mol. The van der Waals surface area contributed by atoms with Crippen molar-refractivity contribution in [1.29, 1.82) is 0 Å². The first kappa shape index (κ1) is 30.4. The third kappa shape index (κ3) is 7.47. The van der Waals surface area contributed by atoms with E-state index in [1.807, 2.05) is 23.0 Å². The highest BCUT2D eigenvalue weighted by Gasteiger charge is 2.55. The van der Waals surface area contributed by atoms with E-state index in [2.05, 4.69) is 34.7 Å². The van der Waals surface area contributed by atoms with E-state index < -0.39 is 30.2 Å². The smallest absolute Gasteiger partial charge is 0.430 e. The Hall–Kier alpha value is -4.18. The molecule has 0 aliphatic carbocycles. The lowest BCUT2D eigenvalue weighted by atomic mass is 9.74. The zero-order valence-electron chi connectivity index (χ0n) is 20.5. The molecule has 0 radical (unpaired) electrons. The number of hydrogen-bond acceptors (Lipinski definition) is 6. The molecular formula is C24H23F6N5O5. The molecule has 16 heteroatoms. The van der Waals surface area contributed by atoms with Crippen molar-refractivity contribution in [2.75, 3.05) is 26.2 Å². The van der Waals surface area contributed by atoms with Gasteiger partial charge >= 0.3 is 12.4 Å². The number of amides is 1. The third-order valence-corrected chi connectivity index (χ3v) is 6.32. The number of aliphatic carboxylic acids is 2. The second-order valence-corrected chi connectivity index (χ2v) is 9.40. The number of benzene rings is 2. The van der Waals surface area contributed by atoms with Gasteiger partial charge in [0, 0.05) is 17.1 Å². The Morgan fingerprint density at radius 3 is 1.90 bits per heavy atom. The van der Waals surface area contributed by atoms with Gasteiger partial charge in [-0.25, -0.2) is 4.68 Å². The van der Waals surface area contributed by atoms with Crippen LogP contribution in [0.4, 0.5) is 26.3 Å². The van der Waals surface area contributed by atoms with Crippen LogP contribution in [0.25, 0.3) is 16.6 Å². The number of nitrogens with one attached hydrogen (secondary N) is 1. The van der Waals surface area contributed by atoms with Crippen molar-refractivity contribution in [3.63, 3.8) is 0 Å². The summed E-state index contributed by atoms with van der Waals surface area (Å²) in [6.07, 6.45) is -8.45. The molecule has 40 heavy (non-hydrogen) atoms. The number of rotatable bonds is 4. The monoisotopic (exact) mass is 575 g/mol. The Labute approximate surface area is 222 Å². The lowest BCUT2D eigenvalue weighted by Gasteiger charge is -2.49. The van der Waals surface area contributed by atoms with Gasteiger partial charge in [-0.1, -0.05) is 24.3 Å². The molecule has 2 aliphatic rings. The number of carboxylic acids is 2. The molecule has 2 aliphatic heterocycles. The van der Waals surface area contributed by atoms with Gasteiger partial charge < -0.3 is 35.8 Å². The fourth-order valence-corrected chi connectivity index (χ4v) is 4.41. The Morgan fingerprint density at radius 1 is 0.950 bits per heavy atom. The SMILES string of the molecule is NC(=O)c1cccc2cn(-c3ccc(C[NH+]4CC5(C[NH2+]C5)C4)cc3)nc12.O=C([O-])C(F)(F)F.O=C([O-])C(F)(F)F. The highest BCUT2D eigenvalue weighted by Crippen LogP contribution is 2.21. The first-order valence-electron chi connectivity index (χ1n) is 11.6. The van der Waals surface area contributed by atoms with Crippen molar-refractivity contribution in [3.8, 4) is 5.69 Å². The Morgan fingerprint density at radius 2 is 1.48 bits per heavy atom. The van der Waals surface area contributed by atoms with E-state index in [4.69, 9.17) is 25.5 Å². The maximum Gasteiger partial charge on any atom is 0.430 e. The molecule has 2 fully saturated rings. The first-order chi connectivity index (χ1) is 18.5. The number of quaternary nitrogens is 2. The quantitative estimate of drug-likeness (QED) is 0.296. The molecule has 1 aromatic heterocycles. The van der Waals surface area contributed by atoms with Crippen molar-refractivity contribution in [3.05, 3.63) is 59.8 Å². The molecule has 2 aromatic carbocycles. The zero-order chi connectivity index (χ0) is 29.9. The molecule has 0 bridgehead atoms. The molecule has 1 amide bonds. The normalized spacial score (nSPS) is 16.1. The standard InChI is InChI=1S/C20H21N5O.2C2HF3O2/c21-19(26)17-3-1-2-15-9-25(23-18(15)17)16-6-4-14(5-7-16)8-24-12-20(13-24)10-22-11-20;2*3-2(4,5)1(6)7/h1-7,9,22H,8,10-13H2,(H2,21,26);2*(H,6,7). The number of likely N-dealkylation sites (tertiary alicyclic amines) is 1. The fraction of sp³-hybridized carbons (Fsp3) is 0.333. The van der Waals surface area contributed by atoms with Crippen molar-refractivity contribution in [2.45, 2.75) is 18.9 Å². The van der Waals surface area contributed by atoms with E-state index in [0.29, 0.717) is 16.5 Å². The Balaban J connectivity index is 0.000000263. The molecule has 0 saturated carbocycles. The summed E-state index contributed by atoms with van der Waals surface area (Å²) in [5, 5.41) is 25.5. The predicted octanol–water partition coefficient (Wildman–Crippen LogP) is -2.32.